The van der Waals surface area contributed by atoms with Crippen molar-refractivity contribution in [2.24, 2.45) is 17.1 Å². The van der Waals surface area contributed by atoms with E-state index >= 15 is 0 Å². The number of hydrogen-bond donors (Lipinski definition) is 2. The molecule has 0 heterocycles. The second kappa shape index (κ2) is 6.20. The Kier molecular flexibility index (Phi) is 4.59. The molecule has 2 rings (SSSR count). The van der Waals surface area contributed by atoms with Crippen molar-refractivity contribution < 1.29 is 9.90 Å². The second-order valence-corrected chi connectivity index (χ2v) is 5.78. The number of hydrogen-bond acceptors (Lipinski definition) is 2. The molecule has 3 nitrogen and oxygen atoms in total. The first kappa shape index (κ1) is 14.1. The van der Waals surface area contributed by atoms with Crippen molar-refractivity contribution in [3.05, 3.63) is 35.9 Å². The maximum Gasteiger partial charge on any atom is 0.310 e. The van der Waals surface area contributed by atoms with Crippen LogP contribution in [0.1, 0.15) is 37.7 Å². The molecule has 0 aromatic heterocycles. The summed E-state index contributed by atoms with van der Waals surface area (Å²) in [7, 11) is 0. The summed E-state index contributed by atoms with van der Waals surface area (Å²) < 4.78 is 0. The van der Waals surface area contributed by atoms with Crippen LogP contribution in [0.15, 0.2) is 30.3 Å². The van der Waals surface area contributed by atoms with Gasteiger partial charge in [0.2, 0.25) is 0 Å². The Morgan fingerprint density at radius 1 is 1.32 bits per heavy atom. The Labute approximate surface area is 114 Å². The molecule has 0 saturated heterocycles. The van der Waals surface area contributed by atoms with E-state index in [1.54, 1.807) is 0 Å². The van der Waals surface area contributed by atoms with Crippen LogP contribution in [0.2, 0.25) is 0 Å². The van der Waals surface area contributed by atoms with E-state index in [9.17, 15) is 9.90 Å². The fourth-order valence-electron chi connectivity index (χ4n) is 2.72. The number of carbonyl (C=O) groups is 1. The van der Waals surface area contributed by atoms with Gasteiger partial charge in [0.15, 0.2) is 0 Å². The average Bonchev–Trinajstić information content (AvgIpc) is 3.22. The molecular formula is C16H23NO2. The number of rotatable bonds is 8. The maximum atomic E-state index is 11.6. The van der Waals surface area contributed by atoms with Crippen LogP contribution in [0.3, 0.4) is 0 Å². The second-order valence-electron chi connectivity index (χ2n) is 5.78. The van der Waals surface area contributed by atoms with Crippen LogP contribution >= 0.6 is 0 Å². The van der Waals surface area contributed by atoms with Gasteiger partial charge in [-0.1, -0.05) is 43.2 Å². The third-order valence-corrected chi connectivity index (χ3v) is 4.18. The van der Waals surface area contributed by atoms with Gasteiger partial charge in [-0.2, -0.15) is 0 Å². The molecule has 1 aromatic carbocycles. The van der Waals surface area contributed by atoms with Crippen molar-refractivity contribution in [3.63, 3.8) is 0 Å². The smallest absolute Gasteiger partial charge is 0.310 e. The molecule has 1 saturated carbocycles. The summed E-state index contributed by atoms with van der Waals surface area (Å²) >= 11 is 0. The molecule has 19 heavy (non-hydrogen) atoms. The highest BCUT2D eigenvalue weighted by atomic mass is 16.4. The van der Waals surface area contributed by atoms with Gasteiger partial charge in [-0.3, -0.25) is 4.79 Å². The zero-order valence-electron chi connectivity index (χ0n) is 11.3. The molecule has 1 fully saturated rings. The molecule has 1 unspecified atom stereocenters. The lowest BCUT2D eigenvalue weighted by molar-refractivity contribution is -0.149. The van der Waals surface area contributed by atoms with E-state index in [1.807, 2.05) is 18.2 Å². The van der Waals surface area contributed by atoms with Crippen LogP contribution in [-0.4, -0.2) is 17.6 Å². The molecule has 3 N–H and O–H groups in total. The first-order chi connectivity index (χ1) is 9.16. The van der Waals surface area contributed by atoms with Crippen molar-refractivity contribution in [2.45, 2.75) is 38.5 Å². The Morgan fingerprint density at radius 3 is 2.53 bits per heavy atom. The molecular weight excluding hydrogens is 238 g/mol. The fraction of sp³-hybridized carbons (Fsp3) is 0.562. The quantitative estimate of drug-likeness (QED) is 0.756. The van der Waals surface area contributed by atoms with Crippen LogP contribution in [0.5, 0.6) is 0 Å². The summed E-state index contributed by atoms with van der Waals surface area (Å²) in [6.07, 6.45) is 5.61. The van der Waals surface area contributed by atoms with Gasteiger partial charge in [-0.15, -0.1) is 0 Å². The van der Waals surface area contributed by atoms with E-state index in [0.29, 0.717) is 12.3 Å². The molecule has 0 bridgehead atoms. The van der Waals surface area contributed by atoms with Gasteiger partial charge in [0.1, 0.15) is 0 Å². The third-order valence-electron chi connectivity index (χ3n) is 4.18. The van der Waals surface area contributed by atoms with Crippen LogP contribution in [0.25, 0.3) is 0 Å². The number of nitrogens with two attached hydrogens (primary N) is 1. The molecule has 1 atom stereocenters. The largest absolute Gasteiger partial charge is 0.481 e. The van der Waals surface area contributed by atoms with Gasteiger partial charge in [0.25, 0.3) is 0 Å². The minimum absolute atomic E-state index is 0.258. The minimum Gasteiger partial charge on any atom is -0.481 e. The van der Waals surface area contributed by atoms with Crippen LogP contribution in [0.4, 0.5) is 0 Å². The van der Waals surface area contributed by atoms with Gasteiger partial charge in [0, 0.05) is 6.54 Å². The SMILES string of the molecule is NCC(CCCc1ccccc1)(CC1CC1)C(=O)O. The Morgan fingerprint density at radius 2 is 2.00 bits per heavy atom. The van der Waals surface area contributed by atoms with Crippen LogP contribution in [-0.2, 0) is 11.2 Å². The van der Waals surface area contributed by atoms with Crippen molar-refractivity contribution in [2.75, 3.05) is 6.54 Å². The molecule has 0 amide bonds. The van der Waals surface area contributed by atoms with Crippen molar-refractivity contribution in [1.82, 2.24) is 0 Å². The molecule has 0 spiro atoms. The molecule has 1 aliphatic carbocycles. The van der Waals surface area contributed by atoms with Crippen molar-refractivity contribution in [1.29, 1.82) is 0 Å². The molecule has 0 radical (unpaired) electrons. The lowest BCUT2D eigenvalue weighted by Crippen LogP contribution is -2.39. The normalized spacial score (nSPS) is 17.9. The molecule has 104 valence electrons. The number of aryl methyl sites for hydroxylation is 1. The average molecular weight is 261 g/mol. The predicted octanol–water partition coefficient (Wildman–Crippen LogP) is 2.84. The monoisotopic (exact) mass is 261 g/mol. The van der Waals surface area contributed by atoms with Crippen molar-refractivity contribution >= 4 is 5.97 Å². The zero-order valence-corrected chi connectivity index (χ0v) is 11.3. The first-order valence-electron chi connectivity index (χ1n) is 7.14. The van der Waals surface area contributed by atoms with E-state index in [2.05, 4.69) is 12.1 Å². The minimum atomic E-state index is -0.713. The topological polar surface area (TPSA) is 63.3 Å². The first-order valence-corrected chi connectivity index (χ1v) is 7.14. The lowest BCUT2D eigenvalue weighted by atomic mass is 9.77. The highest BCUT2D eigenvalue weighted by Gasteiger charge is 2.41. The summed E-state index contributed by atoms with van der Waals surface area (Å²) in [4.78, 5) is 11.6. The Hall–Kier alpha value is -1.35. The van der Waals surface area contributed by atoms with E-state index < -0.39 is 11.4 Å². The van der Waals surface area contributed by atoms with Gasteiger partial charge < -0.3 is 10.8 Å². The molecule has 3 heteroatoms. The molecule has 1 aliphatic rings. The predicted molar refractivity (Wildman–Crippen MR) is 75.8 cm³/mol. The third kappa shape index (κ3) is 3.80. The van der Waals surface area contributed by atoms with E-state index in [1.165, 1.54) is 18.4 Å². The summed E-state index contributed by atoms with van der Waals surface area (Å²) in [6.45, 7) is 0.258. The molecule has 0 aliphatic heterocycles. The number of aliphatic carboxylic acids is 1. The van der Waals surface area contributed by atoms with Crippen LogP contribution < -0.4 is 5.73 Å². The van der Waals surface area contributed by atoms with Gasteiger partial charge in [-0.25, -0.2) is 0 Å². The molecule has 1 aromatic rings. The van der Waals surface area contributed by atoms with Gasteiger partial charge in [-0.05, 0) is 37.2 Å². The van der Waals surface area contributed by atoms with E-state index in [-0.39, 0.29) is 6.54 Å². The standard InChI is InChI=1S/C16H23NO2/c17-12-16(15(18)19,11-14-8-9-14)10-4-7-13-5-2-1-3-6-13/h1-3,5-6,14H,4,7-12,17H2,(H,18,19). The van der Waals surface area contributed by atoms with E-state index in [0.717, 1.165) is 19.3 Å². The highest BCUT2D eigenvalue weighted by Crippen LogP contribution is 2.42. The fourth-order valence-corrected chi connectivity index (χ4v) is 2.72. The number of benzene rings is 1. The van der Waals surface area contributed by atoms with Gasteiger partial charge in [0.05, 0.1) is 5.41 Å². The summed E-state index contributed by atoms with van der Waals surface area (Å²) in [5.41, 5.74) is 6.35. The summed E-state index contributed by atoms with van der Waals surface area (Å²) in [5.74, 6) is -0.119. The summed E-state index contributed by atoms with van der Waals surface area (Å²) in [5, 5.41) is 9.52. The Balaban J connectivity index is 1.90. The zero-order chi connectivity index (χ0) is 13.7. The number of carboxylic acids is 1. The van der Waals surface area contributed by atoms with Gasteiger partial charge >= 0.3 is 5.97 Å². The number of carboxylic acid groups (broad SMARTS) is 1. The van der Waals surface area contributed by atoms with Crippen molar-refractivity contribution in [3.8, 4) is 0 Å². The Bertz CT molecular complexity index is 414. The maximum absolute atomic E-state index is 11.6. The highest BCUT2D eigenvalue weighted by molar-refractivity contribution is 5.75. The summed E-state index contributed by atoms with van der Waals surface area (Å²) in [6, 6.07) is 10.2. The lowest BCUT2D eigenvalue weighted by Gasteiger charge is -2.28. The van der Waals surface area contributed by atoms with E-state index in [4.69, 9.17) is 5.73 Å². The van der Waals surface area contributed by atoms with Crippen LogP contribution in [0, 0.1) is 11.3 Å².